The zero-order valence-corrected chi connectivity index (χ0v) is 35.2. The quantitative estimate of drug-likeness (QED) is 0.155. The van der Waals surface area contributed by atoms with Crippen molar-refractivity contribution in [3.8, 4) is 0 Å². The monoisotopic (exact) mass is 793 g/mol. The maximum Gasteiger partial charge on any atom is 0.159 e. The Bertz CT molecular complexity index is 1550. The molecule has 0 aromatic heterocycles. The first kappa shape index (κ1) is 41.2. The van der Waals surface area contributed by atoms with E-state index in [2.05, 4.69) is 31.3 Å². The van der Waals surface area contributed by atoms with Gasteiger partial charge >= 0.3 is 0 Å². The number of hydrogen-bond donors (Lipinski definition) is 7. The Kier molecular flexibility index (Phi) is 11.1. The Morgan fingerprint density at radius 3 is 2.46 bits per heavy atom. The van der Waals surface area contributed by atoms with Crippen LogP contribution in [0.4, 0.5) is 0 Å². The van der Waals surface area contributed by atoms with E-state index in [4.69, 9.17) is 10.5 Å². The number of carbonyl (C=O) groups is 1. The molecule has 0 aromatic carbocycles. The minimum absolute atomic E-state index is 0.0156. The number of aliphatic hydroxyl groups excluding tert-OH is 3. The molecule has 9 nitrogen and oxygen atoms in total. The lowest BCUT2D eigenvalue weighted by atomic mass is 9.39. The van der Waals surface area contributed by atoms with Crippen LogP contribution in [0.3, 0.4) is 0 Å². The average molecular weight is 793 g/mol. The first-order valence-corrected chi connectivity index (χ1v) is 23.8. The van der Waals surface area contributed by atoms with Gasteiger partial charge in [0.1, 0.15) is 6.10 Å². The van der Waals surface area contributed by atoms with E-state index in [-0.39, 0.29) is 54.1 Å². The van der Waals surface area contributed by atoms with Gasteiger partial charge in [0.2, 0.25) is 0 Å². The van der Waals surface area contributed by atoms with E-state index in [1.165, 1.54) is 19.3 Å². The Morgan fingerprint density at radius 2 is 1.72 bits per heavy atom. The number of fused-ring (bicyclic) bond motifs is 3. The van der Waals surface area contributed by atoms with Crippen LogP contribution in [0.1, 0.15) is 143 Å². The maximum atomic E-state index is 14.7. The van der Waals surface area contributed by atoms with E-state index in [9.17, 15) is 30.3 Å². The van der Waals surface area contributed by atoms with Crippen molar-refractivity contribution in [3.05, 3.63) is 23.8 Å². The van der Waals surface area contributed by atoms with Gasteiger partial charge in [0.25, 0.3) is 0 Å². The van der Waals surface area contributed by atoms with Crippen LogP contribution in [0.2, 0.25) is 0 Å². The average Bonchev–Trinajstić information content (AvgIpc) is 3.52. The molecule has 19 atom stereocenters. The molecule has 0 bridgehead atoms. The summed E-state index contributed by atoms with van der Waals surface area (Å²) in [7, 11) is 0. The zero-order chi connectivity index (χ0) is 40.1. The Morgan fingerprint density at radius 1 is 0.965 bits per heavy atom. The molecule has 1 spiro atoms. The highest BCUT2D eigenvalue weighted by Crippen LogP contribution is 2.75. The molecule has 2 saturated heterocycles. The van der Waals surface area contributed by atoms with Crippen molar-refractivity contribution in [2.24, 2.45) is 75.7 Å². The highest BCUT2D eigenvalue weighted by molar-refractivity contribution is 5.95. The summed E-state index contributed by atoms with van der Waals surface area (Å²) in [6.07, 6.45) is 20.3. The second-order valence-electron chi connectivity index (χ2n) is 21.8. The fourth-order valence-corrected chi connectivity index (χ4v) is 16.5. The van der Waals surface area contributed by atoms with Crippen molar-refractivity contribution in [1.82, 2.24) is 5.32 Å². The second-order valence-corrected chi connectivity index (χ2v) is 21.8. The zero-order valence-electron chi connectivity index (χ0n) is 35.2. The van der Waals surface area contributed by atoms with E-state index in [1.807, 2.05) is 6.92 Å². The van der Waals surface area contributed by atoms with Crippen LogP contribution in [-0.4, -0.2) is 85.7 Å². The molecule has 5 saturated carbocycles. The molecule has 57 heavy (non-hydrogen) atoms. The molecular weight excluding hydrogens is 717 g/mol. The number of rotatable bonds is 7. The smallest absolute Gasteiger partial charge is 0.159 e. The topological polar surface area (TPSA) is 166 Å². The number of nitrogens with one attached hydrogen (secondary N) is 1. The third kappa shape index (κ3) is 6.38. The summed E-state index contributed by atoms with van der Waals surface area (Å²) < 4.78 is 6.87. The number of nitrogens with two attached hydrogens (primary N) is 1. The Labute approximate surface area is 342 Å². The molecule has 0 radical (unpaired) electrons. The largest absolute Gasteiger partial charge is 0.390 e. The van der Waals surface area contributed by atoms with Gasteiger partial charge in [0.05, 0.1) is 41.8 Å². The number of ether oxygens (including phenoxy) is 1. The van der Waals surface area contributed by atoms with E-state index in [0.717, 1.165) is 88.7 Å². The summed E-state index contributed by atoms with van der Waals surface area (Å²) in [6, 6.07) is 0. The number of hydrogen-bond acceptors (Lipinski definition) is 9. The molecule has 9 rings (SSSR count). The van der Waals surface area contributed by atoms with Crippen molar-refractivity contribution in [3.63, 3.8) is 0 Å². The third-order valence-corrected chi connectivity index (χ3v) is 19.2. The van der Waals surface area contributed by atoms with E-state index in [0.29, 0.717) is 37.5 Å². The molecule has 0 amide bonds. The van der Waals surface area contributed by atoms with Gasteiger partial charge in [0.15, 0.2) is 5.78 Å². The van der Waals surface area contributed by atoms with Crippen LogP contribution >= 0.6 is 0 Å². The van der Waals surface area contributed by atoms with Gasteiger partial charge in [-0.05, 0) is 167 Å². The van der Waals surface area contributed by atoms with Gasteiger partial charge in [-0.3, -0.25) is 4.79 Å². The normalized spacial score (nSPS) is 51.7. The molecule has 7 fully saturated rings. The minimum atomic E-state index is -1.53. The van der Waals surface area contributed by atoms with Gasteiger partial charge in [-0.15, -0.1) is 0 Å². The predicted octanol–water partition coefficient (Wildman–Crippen LogP) is 5.94. The van der Waals surface area contributed by atoms with Gasteiger partial charge in [0, 0.05) is 11.3 Å². The van der Waals surface area contributed by atoms with Crippen molar-refractivity contribution >= 4 is 5.78 Å². The van der Waals surface area contributed by atoms with Gasteiger partial charge in [-0.2, -0.15) is 0 Å². The molecule has 2 aliphatic heterocycles. The highest BCUT2D eigenvalue weighted by atomic mass is 16.5. The molecule has 7 aliphatic carbocycles. The predicted molar refractivity (Wildman–Crippen MR) is 219 cm³/mol. The molecule has 8 N–H and O–H groups in total. The van der Waals surface area contributed by atoms with Crippen molar-refractivity contribution < 1.29 is 35.1 Å². The summed E-state index contributed by atoms with van der Waals surface area (Å²) in [5.74, 6) is 0.853. The molecule has 0 aromatic rings. The van der Waals surface area contributed by atoms with E-state index in [1.54, 1.807) is 6.08 Å². The van der Waals surface area contributed by atoms with Crippen molar-refractivity contribution in [1.29, 1.82) is 0 Å². The summed E-state index contributed by atoms with van der Waals surface area (Å²) in [4.78, 5) is 14.7. The first-order chi connectivity index (χ1) is 27.2. The van der Waals surface area contributed by atoms with Crippen LogP contribution in [0, 0.1) is 70.0 Å². The number of piperidine rings is 1. The summed E-state index contributed by atoms with van der Waals surface area (Å²) >= 11 is 0. The van der Waals surface area contributed by atoms with E-state index < -0.39 is 58.3 Å². The Hall–Kier alpha value is -1.17. The van der Waals surface area contributed by atoms with Gasteiger partial charge < -0.3 is 41.3 Å². The standard InChI is InChI=1S/C48H76N2O7/c1-4-8-28-11-16-33-27(2)43(57-39(33)17-12-28)44(54)45(3,55)40-19-20-48(56)35-22-36(51)34-21-37(52)38(53)25-46(34)23-29(31-15-18-41(49)50-26-31)13-14-30(42(35)46)24-47(40,48)32-9-6-5-7-10-32/h13-14,22,27-34,37-44,50,52-56H,4-12,15-21,23-26,49H2,1-3H3/t27-,28-,29-,30-,31?,33+,34-,37+,38-,39+,40-,41?,42-,43+,44+,45+,46-,47-,48-/m0/s1. The van der Waals surface area contributed by atoms with Crippen LogP contribution in [0.5, 0.6) is 0 Å². The maximum absolute atomic E-state index is 14.7. The number of aliphatic hydroxyl groups is 5. The lowest BCUT2D eigenvalue weighted by Gasteiger charge is -2.66. The number of carbonyl (C=O) groups excluding carboxylic acids is 1. The lowest BCUT2D eigenvalue weighted by Crippen LogP contribution is -2.68. The van der Waals surface area contributed by atoms with Gasteiger partial charge in [-0.25, -0.2) is 0 Å². The molecule has 2 heterocycles. The summed E-state index contributed by atoms with van der Waals surface area (Å²) in [6.45, 7) is 7.15. The van der Waals surface area contributed by atoms with Crippen LogP contribution in [0.25, 0.3) is 0 Å². The Balaban J connectivity index is 1.12. The van der Waals surface area contributed by atoms with E-state index >= 15 is 0 Å². The summed E-state index contributed by atoms with van der Waals surface area (Å²) in [5, 5.41) is 65.9. The SMILES string of the molecule is CCC[C@H]1CC[C@@H]2[C@H](C)[C@H]([C@@H](O)[C@](C)(O)[C@@H]3CC[C@]4(O)C5=CC(=O)[C@@H]6C[C@@H](O)[C@@H](O)C[C@@]67C[C@@H](C6CCC(N)NC6)C=C[C@@H](C[C@]34C3CCCCC3)[C@@H]57)O[C@@H]2CC1. The van der Waals surface area contributed by atoms with Crippen LogP contribution in [0.15, 0.2) is 23.8 Å². The molecule has 320 valence electrons. The fraction of sp³-hybridized carbons (Fsp3) is 0.896. The highest BCUT2D eigenvalue weighted by Gasteiger charge is 2.75. The fourth-order valence-electron chi connectivity index (χ4n) is 16.5. The molecule has 9 heteroatoms. The van der Waals surface area contributed by atoms with Crippen LogP contribution in [-0.2, 0) is 9.53 Å². The third-order valence-electron chi connectivity index (χ3n) is 19.2. The van der Waals surface area contributed by atoms with Crippen molar-refractivity contribution in [2.75, 3.05) is 6.54 Å². The lowest BCUT2D eigenvalue weighted by molar-refractivity contribution is -0.224. The van der Waals surface area contributed by atoms with Gasteiger partial charge in [-0.1, -0.05) is 64.5 Å². The second kappa shape index (κ2) is 15.3. The number of allylic oxidation sites excluding steroid dienone is 3. The molecule has 9 aliphatic rings. The van der Waals surface area contributed by atoms with Crippen molar-refractivity contribution in [2.45, 2.75) is 191 Å². The molecule has 2 unspecified atom stereocenters. The van der Waals surface area contributed by atoms with Crippen LogP contribution < -0.4 is 11.1 Å². The minimum Gasteiger partial charge on any atom is -0.390 e. The summed E-state index contributed by atoms with van der Waals surface area (Å²) in [5.41, 5.74) is 2.89. The number of ketones is 1. The molecular formula is C48H76N2O7. The first-order valence-electron chi connectivity index (χ1n) is 23.8.